The SMILES string of the molecule is Cc1cccc(-n2c(SCC(=O)Nc3ccc(C)c(C)c3)nnc2-c2ccncc2)c1. The van der Waals surface area contributed by atoms with Gasteiger partial charge in [-0.1, -0.05) is 30.0 Å². The molecular formula is C24H23N5OS. The van der Waals surface area contributed by atoms with Crippen molar-refractivity contribution >= 4 is 23.4 Å². The van der Waals surface area contributed by atoms with Gasteiger partial charge in [-0.3, -0.25) is 14.3 Å². The number of carbonyl (C=O) groups excluding carboxylic acids is 1. The predicted octanol–water partition coefficient (Wildman–Crippen LogP) is 4.99. The first-order chi connectivity index (χ1) is 15.0. The van der Waals surface area contributed by atoms with Crippen molar-refractivity contribution in [2.75, 3.05) is 11.1 Å². The van der Waals surface area contributed by atoms with E-state index in [0.717, 1.165) is 28.1 Å². The monoisotopic (exact) mass is 429 g/mol. The van der Waals surface area contributed by atoms with Gasteiger partial charge >= 0.3 is 0 Å². The summed E-state index contributed by atoms with van der Waals surface area (Å²) in [6.45, 7) is 6.13. The van der Waals surface area contributed by atoms with E-state index in [9.17, 15) is 4.79 Å². The van der Waals surface area contributed by atoms with E-state index in [-0.39, 0.29) is 11.7 Å². The molecule has 156 valence electrons. The lowest BCUT2D eigenvalue weighted by Gasteiger charge is -2.11. The van der Waals surface area contributed by atoms with Gasteiger partial charge in [0.05, 0.1) is 5.75 Å². The normalized spacial score (nSPS) is 10.8. The van der Waals surface area contributed by atoms with E-state index in [2.05, 4.69) is 33.5 Å². The molecular weight excluding hydrogens is 406 g/mol. The number of hydrogen-bond acceptors (Lipinski definition) is 5. The third kappa shape index (κ3) is 4.83. The summed E-state index contributed by atoms with van der Waals surface area (Å²) in [5.41, 5.74) is 6.14. The number of carbonyl (C=O) groups is 1. The van der Waals surface area contributed by atoms with Crippen LogP contribution in [0.2, 0.25) is 0 Å². The van der Waals surface area contributed by atoms with E-state index in [1.807, 2.05) is 66.9 Å². The van der Waals surface area contributed by atoms with Crippen molar-refractivity contribution in [2.24, 2.45) is 0 Å². The lowest BCUT2D eigenvalue weighted by molar-refractivity contribution is -0.113. The Bertz CT molecular complexity index is 1220. The Kier molecular flexibility index (Phi) is 6.13. The first kappa shape index (κ1) is 20.8. The maximum Gasteiger partial charge on any atom is 0.234 e. The molecule has 0 radical (unpaired) electrons. The van der Waals surface area contributed by atoms with Gasteiger partial charge in [-0.25, -0.2) is 0 Å². The number of aromatic nitrogens is 4. The van der Waals surface area contributed by atoms with Crippen LogP contribution in [-0.2, 0) is 4.79 Å². The Balaban J connectivity index is 1.58. The fourth-order valence-corrected chi connectivity index (χ4v) is 3.95. The van der Waals surface area contributed by atoms with E-state index in [4.69, 9.17) is 0 Å². The molecule has 0 aliphatic carbocycles. The minimum atomic E-state index is -0.0856. The van der Waals surface area contributed by atoms with Gasteiger partial charge in [0.25, 0.3) is 0 Å². The molecule has 0 fully saturated rings. The Morgan fingerprint density at radius 1 is 0.968 bits per heavy atom. The maximum atomic E-state index is 12.6. The van der Waals surface area contributed by atoms with Crippen molar-refractivity contribution in [3.63, 3.8) is 0 Å². The van der Waals surface area contributed by atoms with E-state index < -0.39 is 0 Å². The van der Waals surface area contributed by atoms with Gasteiger partial charge in [0.2, 0.25) is 5.91 Å². The number of benzene rings is 2. The molecule has 2 heterocycles. The van der Waals surface area contributed by atoms with Crippen LogP contribution in [0.4, 0.5) is 5.69 Å². The highest BCUT2D eigenvalue weighted by Crippen LogP contribution is 2.28. The molecule has 31 heavy (non-hydrogen) atoms. The topological polar surface area (TPSA) is 72.7 Å². The molecule has 4 aromatic rings. The zero-order valence-electron chi connectivity index (χ0n) is 17.7. The van der Waals surface area contributed by atoms with Gasteiger partial charge in [-0.05, 0) is 73.9 Å². The molecule has 7 heteroatoms. The van der Waals surface area contributed by atoms with Crippen LogP contribution in [0.5, 0.6) is 0 Å². The number of nitrogens with one attached hydrogen (secondary N) is 1. The predicted molar refractivity (Wildman–Crippen MR) is 125 cm³/mol. The Morgan fingerprint density at radius 3 is 2.52 bits per heavy atom. The minimum absolute atomic E-state index is 0.0856. The number of amides is 1. The summed E-state index contributed by atoms with van der Waals surface area (Å²) >= 11 is 1.36. The molecule has 0 saturated heterocycles. The average molecular weight is 430 g/mol. The van der Waals surface area contributed by atoms with Crippen LogP contribution in [0, 0.1) is 20.8 Å². The fraction of sp³-hybridized carbons (Fsp3) is 0.167. The molecule has 0 aliphatic heterocycles. The summed E-state index contributed by atoms with van der Waals surface area (Å²) in [6, 6.07) is 17.8. The van der Waals surface area contributed by atoms with Crippen molar-refractivity contribution in [1.29, 1.82) is 0 Å². The molecule has 0 aliphatic rings. The van der Waals surface area contributed by atoms with Gasteiger partial charge in [-0.2, -0.15) is 0 Å². The fourth-order valence-electron chi connectivity index (χ4n) is 3.20. The molecule has 2 aromatic heterocycles. The first-order valence-electron chi connectivity index (χ1n) is 9.94. The lowest BCUT2D eigenvalue weighted by atomic mass is 10.1. The molecule has 0 saturated carbocycles. The van der Waals surface area contributed by atoms with E-state index in [1.165, 1.54) is 17.3 Å². The standard InChI is InChI=1S/C24H23N5OS/c1-16-5-4-6-21(13-16)29-23(19-9-11-25-12-10-19)27-28-24(29)31-15-22(30)26-20-8-7-17(2)18(3)14-20/h4-14H,15H2,1-3H3,(H,26,30). The molecule has 4 rings (SSSR count). The van der Waals surface area contributed by atoms with Gasteiger partial charge < -0.3 is 5.32 Å². The average Bonchev–Trinajstić information content (AvgIpc) is 3.19. The first-order valence-corrected chi connectivity index (χ1v) is 10.9. The van der Waals surface area contributed by atoms with Crippen LogP contribution in [0.3, 0.4) is 0 Å². The highest BCUT2D eigenvalue weighted by atomic mass is 32.2. The molecule has 0 atom stereocenters. The Labute approximate surface area is 185 Å². The summed E-state index contributed by atoms with van der Waals surface area (Å²) in [5.74, 6) is 0.857. The summed E-state index contributed by atoms with van der Waals surface area (Å²) in [5, 5.41) is 12.4. The highest BCUT2D eigenvalue weighted by Gasteiger charge is 2.17. The van der Waals surface area contributed by atoms with Crippen molar-refractivity contribution in [1.82, 2.24) is 19.7 Å². The Hall–Kier alpha value is -3.45. The van der Waals surface area contributed by atoms with Crippen molar-refractivity contribution in [3.8, 4) is 17.1 Å². The molecule has 6 nitrogen and oxygen atoms in total. The summed E-state index contributed by atoms with van der Waals surface area (Å²) in [7, 11) is 0. The number of nitrogens with zero attached hydrogens (tertiary/aromatic N) is 4. The van der Waals surface area contributed by atoms with Crippen LogP contribution in [0.1, 0.15) is 16.7 Å². The smallest absolute Gasteiger partial charge is 0.234 e. The summed E-state index contributed by atoms with van der Waals surface area (Å²) in [6.07, 6.45) is 3.46. The molecule has 0 spiro atoms. The molecule has 0 bridgehead atoms. The largest absolute Gasteiger partial charge is 0.325 e. The van der Waals surface area contributed by atoms with Crippen LogP contribution in [0.25, 0.3) is 17.1 Å². The number of hydrogen-bond donors (Lipinski definition) is 1. The second-order valence-corrected chi connectivity index (χ2v) is 8.29. The van der Waals surface area contributed by atoms with Crippen LogP contribution < -0.4 is 5.32 Å². The van der Waals surface area contributed by atoms with Crippen LogP contribution in [0.15, 0.2) is 72.1 Å². The second kappa shape index (κ2) is 9.14. The van der Waals surface area contributed by atoms with E-state index in [1.54, 1.807) is 12.4 Å². The summed E-state index contributed by atoms with van der Waals surface area (Å²) < 4.78 is 1.98. The highest BCUT2D eigenvalue weighted by molar-refractivity contribution is 7.99. The number of anilines is 1. The van der Waals surface area contributed by atoms with Gasteiger partial charge in [0.15, 0.2) is 11.0 Å². The lowest BCUT2D eigenvalue weighted by Crippen LogP contribution is -2.14. The minimum Gasteiger partial charge on any atom is -0.325 e. The van der Waals surface area contributed by atoms with E-state index in [0.29, 0.717) is 11.0 Å². The van der Waals surface area contributed by atoms with Crippen molar-refractivity contribution in [2.45, 2.75) is 25.9 Å². The maximum absolute atomic E-state index is 12.6. The van der Waals surface area contributed by atoms with Crippen molar-refractivity contribution < 1.29 is 4.79 Å². The zero-order chi connectivity index (χ0) is 21.8. The van der Waals surface area contributed by atoms with E-state index >= 15 is 0 Å². The zero-order valence-corrected chi connectivity index (χ0v) is 18.5. The molecule has 1 N–H and O–H groups in total. The molecule has 2 aromatic carbocycles. The quantitative estimate of drug-likeness (QED) is 0.437. The van der Waals surface area contributed by atoms with Gasteiger partial charge in [0, 0.05) is 29.3 Å². The summed E-state index contributed by atoms with van der Waals surface area (Å²) in [4.78, 5) is 16.7. The van der Waals surface area contributed by atoms with Crippen LogP contribution >= 0.6 is 11.8 Å². The number of rotatable bonds is 6. The molecule has 1 amide bonds. The number of aryl methyl sites for hydroxylation is 3. The van der Waals surface area contributed by atoms with Gasteiger partial charge in [-0.15, -0.1) is 10.2 Å². The third-order valence-electron chi connectivity index (χ3n) is 4.95. The van der Waals surface area contributed by atoms with Gasteiger partial charge in [0.1, 0.15) is 0 Å². The second-order valence-electron chi connectivity index (χ2n) is 7.35. The number of pyridine rings is 1. The number of thioether (sulfide) groups is 1. The van der Waals surface area contributed by atoms with Crippen molar-refractivity contribution in [3.05, 3.63) is 83.7 Å². The third-order valence-corrected chi connectivity index (χ3v) is 5.88. The molecule has 0 unspecified atom stereocenters. The Morgan fingerprint density at radius 2 is 1.77 bits per heavy atom. The van der Waals surface area contributed by atoms with Crippen LogP contribution in [-0.4, -0.2) is 31.4 Å².